The fourth-order valence-electron chi connectivity index (χ4n) is 4.28. The molecule has 166 valence electrons. The Morgan fingerprint density at radius 3 is 2.58 bits per heavy atom. The van der Waals surface area contributed by atoms with Crippen LogP contribution >= 0.6 is 11.3 Å². The molecule has 1 fully saturated rings. The summed E-state index contributed by atoms with van der Waals surface area (Å²) in [6.07, 6.45) is 5.58. The molecule has 0 amide bonds. The number of fused-ring (bicyclic) bond motifs is 1. The second-order valence-corrected chi connectivity index (χ2v) is 12.5. The van der Waals surface area contributed by atoms with E-state index >= 15 is 0 Å². The van der Waals surface area contributed by atoms with Crippen LogP contribution in [-0.2, 0) is 9.84 Å². The fraction of sp³-hybridized carbons (Fsp3) is 0.524. The number of aromatic nitrogens is 4. The standard InChI is InChI=1S/C21H28N6O2S2/c1-11-16(19-26-17-12(2)23-9-8-15(17)30-19)18(27-20(22)24-11)25-14-7-6-13(10-14)21(3,4)31(5,28)29/h8-9,13-14H,6-7,10H2,1-5H3,(H3,22,24,25,27). The van der Waals surface area contributed by atoms with Crippen LogP contribution in [-0.4, -0.2) is 45.4 Å². The molecule has 4 rings (SSSR count). The minimum atomic E-state index is -3.15. The Morgan fingerprint density at radius 2 is 1.90 bits per heavy atom. The van der Waals surface area contributed by atoms with E-state index in [1.54, 1.807) is 17.5 Å². The lowest BCUT2D eigenvalue weighted by Crippen LogP contribution is -2.38. The average Bonchev–Trinajstić information content (AvgIpc) is 3.28. The highest BCUT2D eigenvalue weighted by molar-refractivity contribution is 7.92. The van der Waals surface area contributed by atoms with E-state index in [0.717, 1.165) is 51.4 Å². The van der Waals surface area contributed by atoms with Gasteiger partial charge in [-0.1, -0.05) is 0 Å². The molecule has 0 radical (unpaired) electrons. The van der Waals surface area contributed by atoms with Crippen LogP contribution in [0.1, 0.15) is 44.5 Å². The van der Waals surface area contributed by atoms with Crippen molar-refractivity contribution < 1.29 is 8.42 Å². The molecule has 0 saturated heterocycles. The molecule has 31 heavy (non-hydrogen) atoms. The maximum absolute atomic E-state index is 12.3. The van der Waals surface area contributed by atoms with E-state index < -0.39 is 14.6 Å². The third-order valence-corrected chi connectivity index (χ3v) is 9.81. The van der Waals surface area contributed by atoms with Crippen LogP contribution in [0, 0.1) is 19.8 Å². The third-order valence-electron chi connectivity index (χ3n) is 6.52. The highest BCUT2D eigenvalue weighted by Gasteiger charge is 2.43. The molecular weight excluding hydrogens is 432 g/mol. The van der Waals surface area contributed by atoms with Gasteiger partial charge in [-0.15, -0.1) is 11.3 Å². The minimum Gasteiger partial charge on any atom is -0.368 e. The topological polar surface area (TPSA) is 124 Å². The molecule has 0 bridgehead atoms. The average molecular weight is 461 g/mol. The van der Waals surface area contributed by atoms with Gasteiger partial charge in [-0.3, -0.25) is 4.98 Å². The Balaban J connectivity index is 1.68. The largest absolute Gasteiger partial charge is 0.368 e. The second-order valence-electron chi connectivity index (χ2n) is 8.88. The van der Waals surface area contributed by atoms with Crippen LogP contribution in [0.5, 0.6) is 0 Å². The predicted octanol–water partition coefficient (Wildman–Crippen LogP) is 3.75. The second kappa shape index (κ2) is 7.67. The van der Waals surface area contributed by atoms with Crippen molar-refractivity contribution in [2.24, 2.45) is 5.92 Å². The van der Waals surface area contributed by atoms with Gasteiger partial charge < -0.3 is 11.1 Å². The molecule has 3 aromatic heterocycles. The van der Waals surface area contributed by atoms with Crippen LogP contribution in [0.25, 0.3) is 20.8 Å². The summed E-state index contributed by atoms with van der Waals surface area (Å²) in [4.78, 5) is 18.0. The van der Waals surface area contributed by atoms with E-state index in [1.807, 2.05) is 33.8 Å². The van der Waals surface area contributed by atoms with Gasteiger partial charge in [0.05, 0.1) is 26.4 Å². The van der Waals surface area contributed by atoms with E-state index in [9.17, 15) is 8.42 Å². The molecular formula is C21H28N6O2S2. The number of hydrogen-bond acceptors (Lipinski definition) is 9. The summed E-state index contributed by atoms with van der Waals surface area (Å²) < 4.78 is 24.8. The number of nitrogens with two attached hydrogens (primary N) is 1. The maximum Gasteiger partial charge on any atom is 0.222 e. The minimum absolute atomic E-state index is 0.0832. The molecule has 10 heteroatoms. The number of thiazole rings is 1. The van der Waals surface area contributed by atoms with E-state index in [0.29, 0.717) is 5.82 Å². The molecule has 3 heterocycles. The molecule has 3 aromatic rings. The van der Waals surface area contributed by atoms with Crippen molar-refractivity contribution in [3.8, 4) is 10.6 Å². The first-order valence-electron chi connectivity index (χ1n) is 10.3. The summed E-state index contributed by atoms with van der Waals surface area (Å²) in [5.74, 6) is 0.936. The Morgan fingerprint density at radius 1 is 1.16 bits per heavy atom. The summed E-state index contributed by atoms with van der Waals surface area (Å²) in [6, 6.07) is 2.06. The normalized spacial score (nSPS) is 19.8. The van der Waals surface area contributed by atoms with Gasteiger partial charge in [0, 0.05) is 18.5 Å². The van der Waals surface area contributed by atoms with Crippen molar-refractivity contribution in [2.45, 2.75) is 57.7 Å². The molecule has 1 saturated carbocycles. The molecule has 8 nitrogen and oxygen atoms in total. The Hall–Kier alpha value is -2.33. The Bertz CT molecular complexity index is 1250. The Kier molecular flexibility index (Phi) is 5.41. The number of nitrogens with one attached hydrogen (secondary N) is 1. The lowest BCUT2D eigenvalue weighted by molar-refractivity contribution is 0.404. The number of nitrogens with zero attached hydrogens (tertiary/aromatic N) is 4. The van der Waals surface area contributed by atoms with E-state index in [-0.39, 0.29) is 17.9 Å². The van der Waals surface area contributed by atoms with Gasteiger partial charge in [0.1, 0.15) is 16.3 Å². The number of sulfone groups is 1. The zero-order valence-corrected chi connectivity index (χ0v) is 20.1. The number of hydrogen-bond donors (Lipinski definition) is 2. The number of rotatable bonds is 5. The molecule has 0 aliphatic heterocycles. The fourth-order valence-corrected chi connectivity index (χ4v) is 6.21. The van der Waals surface area contributed by atoms with Gasteiger partial charge in [0.15, 0.2) is 9.84 Å². The first-order valence-corrected chi connectivity index (χ1v) is 13.0. The molecule has 2 atom stereocenters. The van der Waals surface area contributed by atoms with E-state index in [2.05, 4.69) is 20.3 Å². The van der Waals surface area contributed by atoms with E-state index in [4.69, 9.17) is 10.7 Å². The summed E-state index contributed by atoms with van der Waals surface area (Å²) in [6.45, 7) is 7.50. The van der Waals surface area contributed by atoms with Crippen LogP contribution in [0.15, 0.2) is 12.3 Å². The summed E-state index contributed by atoms with van der Waals surface area (Å²) >= 11 is 1.57. The van der Waals surface area contributed by atoms with Crippen molar-refractivity contribution >= 4 is 43.2 Å². The molecule has 1 aliphatic carbocycles. The van der Waals surface area contributed by atoms with Crippen molar-refractivity contribution in [3.63, 3.8) is 0 Å². The van der Waals surface area contributed by atoms with Crippen molar-refractivity contribution in [2.75, 3.05) is 17.3 Å². The Labute approximate surface area is 186 Å². The third kappa shape index (κ3) is 3.98. The SMILES string of the molecule is Cc1nc(N)nc(NC2CCC(C(C)(C)S(C)(=O)=O)C2)c1-c1nc2c(C)nccc2s1. The first-order chi connectivity index (χ1) is 14.5. The molecule has 0 spiro atoms. The smallest absolute Gasteiger partial charge is 0.222 e. The quantitative estimate of drug-likeness (QED) is 0.590. The van der Waals surface area contributed by atoms with Gasteiger partial charge >= 0.3 is 0 Å². The number of nitrogen functional groups attached to an aromatic ring is 1. The van der Waals surface area contributed by atoms with Gasteiger partial charge in [0.25, 0.3) is 0 Å². The highest BCUT2D eigenvalue weighted by atomic mass is 32.2. The van der Waals surface area contributed by atoms with Crippen LogP contribution < -0.4 is 11.1 Å². The van der Waals surface area contributed by atoms with Crippen molar-refractivity contribution in [1.82, 2.24) is 19.9 Å². The zero-order valence-electron chi connectivity index (χ0n) is 18.4. The maximum atomic E-state index is 12.3. The monoisotopic (exact) mass is 460 g/mol. The van der Waals surface area contributed by atoms with Gasteiger partial charge in [-0.2, -0.15) is 4.98 Å². The lowest BCUT2D eigenvalue weighted by Gasteiger charge is -2.29. The molecule has 1 aliphatic rings. The molecule has 0 aromatic carbocycles. The molecule has 3 N–H and O–H groups in total. The summed E-state index contributed by atoms with van der Waals surface area (Å²) in [5.41, 5.74) is 9.31. The van der Waals surface area contributed by atoms with Gasteiger partial charge in [0.2, 0.25) is 5.95 Å². The first kappa shape index (κ1) is 21.9. The molecule has 2 unspecified atom stereocenters. The zero-order chi connectivity index (χ0) is 22.6. The van der Waals surface area contributed by atoms with Gasteiger partial charge in [-0.25, -0.2) is 18.4 Å². The van der Waals surface area contributed by atoms with Crippen LogP contribution in [0.3, 0.4) is 0 Å². The lowest BCUT2D eigenvalue weighted by atomic mass is 9.93. The van der Waals surface area contributed by atoms with E-state index in [1.165, 1.54) is 6.26 Å². The summed E-state index contributed by atoms with van der Waals surface area (Å²) in [5, 5.41) is 4.34. The highest BCUT2D eigenvalue weighted by Crippen LogP contribution is 2.41. The van der Waals surface area contributed by atoms with Crippen molar-refractivity contribution in [3.05, 3.63) is 23.7 Å². The number of aryl methyl sites for hydroxylation is 2. The van der Waals surface area contributed by atoms with Crippen molar-refractivity contribution in [1.29, 1.82) is 0 Å². The number of pyridine rings is 1. The van der Waals surface area contributed by atoms with Crippen LogP contribution in [0.2, 0.25) is 0 Å². The predicted molar refractivity (Wildman–Crippen MR) is 126 cm³/mol. The van der Waals surface area contributed by atoms with Crippen LogP contribution in [0.4, 0.5) is 11.8 Å². The van der Waals surface area contributed by atoms with Gasteiger partial charge in [-0.05, 0) is 58.9 Å². The number of anilines is 2. The summed E-state index contributed by atoms with van der Waals surface area (Å²) in [7, 11) is -3.15.